The summed E-state index contributed by atoms with van der Waals surface area (Å²) in [5, 5.41) is 0. The number of hydrogen-bond donors (Lipinski definition) is 0. The minimum Gasteiger partial charge on any atom is -0.423 e. The Hall–Kier alpha value is -2.25. The summed E-state index contributed by atoms with van der Waals surface area (Å²) in [6.07, 6.45) is -0.791. The van der Waals surface area contributed by atoms with Crippen molar-refractivity contribution in [2.45, 2.75) is 40.3 Å². The van der Waals surface area contributed by atoms with Crippen LogP contribution in [0.25, 0.3) is 0 Å². The van der Waals surface area contributed by atoms with Crippen LogP contribution in [-0.4, -0.2) is 32.4 Å². The Morgan fingerprint density at radius 2 is 1.10 bits per heavy atom. The van der Waals surface area contributed by atoms with E-state index in [2.05, 4.69) is 27.7 Å². The minimum atomic E-state index is -0.419. The molecule has 0 bridgehead atoms. The van der Waals surface area contributed by atoms with Gasteiger partial charge in [-0.2, -0.15) is 0 Å². The van der Waals surface area contributed by atoms with Crippen molar-refractivity contribution in [1.29, 1.82) is 0 Å². The van der Waals surface area contributed by atoms with Crippen LogP contribution in [0.4, 0.5) is 0 Å². The first kappa shape index (κ1) is 22.0. The quantitative estimate of drug-likeness (QED) is 0.504. The highest BCUT2D eigenvalue weighted by Crippen LogP contribution is 2.32. The molecule has 0 saturated carbocycles. The van der Waals surface area contributed by atoms with Crippen molar-refractivity contribution in [3.05, 3.63) is 65.2 Å². The smallest absolute Gasteiger partial charge is 0.343 e. The molecule has 0 amide bonds. The number of carbonyl (C=O) groups excluding carboxylic acids is 1. The lowest BCUT2D eigenvalue weighted by Crippen LogP contribution is -2.33. The molecule has 6 heteroatoms. The zero-order valence-electron chi connectivity index (χ0n) is 18.6. The Balaban J connectivity index is 1.33. The van der Waals surface area contributed by atoms with Crippen molar-refractivity contribution in [3.8, 4) is 5.75 Å². The van der Waals surface area contributed by atoms with Crippen LogP contribution in [0.15, 0.2) is 48.5 Å². The molecule has 2 aromatic rings. The summed E-state index contributed by atoms with van der Waals surface area (Å²) in [7, 11) is 0. The van der Waals surface area contributed by atoms with E-state index < -0.39 is 12.3 Å². The maximum atomic E-state index is 12.5. The molecule has 2 heterocycles. The highest BCUT2D eigenvalue weighted by molar-refractivity contribution is 5.91. The van der Waals surface area contributed by atoms with Gasteiger partial charge in [0.2, 0.25) is 0 Å². The maximum Gasteiger partial charge on any atom is 0.343 e. The summed E-state index contributed by atoms with van der Waals surface area (Å²) in [6.45, 7) is 11.0. The average Bonchev–Trinajstić information content (AvgIpc) is 2.75. The van der Waals surface area contributed by atoms with Crippen molar-refractivity contribution < 1.29 is 28.5 Å². The first-order valence-electron chi connectivity index (χ1n) is 10.6. The number of carbonyl (C=O) groups is 1. The third-order valence-electron chi connectivity index (χ3n) is 5.28. The molecule has 2 fully saturated rings. The predicted molar refractivity (Wildman–Crippen MR) is 115 cm³/mol. The summed E-state index contributed by atoms with van der Waals surface area (Å²) in [5.74, 6) is 0.0491. The van der Waals surface area contributed by atoms with E-state index in [0.29, 0.717) is 37.7 Å². The lowest BCUT2D eigenvalue weighted by atomic mass is 9.95. The fourth-order valence-electron chi connectivity index (χ4n) is 3.40. The van der Waals surface area contributed by atoms with E-state index in [-0.39, 0.29) is 17.1 Å². The van der Waals surface area contributed by atoms with E-state index in [1.165, 1.54) is 0 Å². The molecule has 2 saturated heterocycles. The van der Waals surface area contributed by atoms with Gasteiger partial charge in [0.25, 0.3) is 0 Å². The normalized spacial score (nSPS) is 21.5. The molecule has 31 heavy (non-hydrogen) atoms. The first-order valence-corrected chi connectivity index (χ1v) is 10.6. The second kappa shape index (κ2) is 8.71. The Bertz CT molecular complexity index is 881. The van der Waals surface area contributed by atoms with Crippen molar-refractivity contribution in [2.24, 2.45) is 10.8 Å². The molecule has 0 spiro atoms. The minimum absolute atomic E-state index is 0.0155. The fourth-order valence-corrected chi connectivity index (χ4v) is 3.40. The topological polar surface area (TPSA) is 63.2 Å². The highest BCUT2D eigenvalue weighted by atomic mass is 16.7. The highest BCUT2D eigenvalue weighted by Gasteiger charge is 2.30. The SMILES string of the molecule is CC1(C)COC(c2ccc(OC(=O)c3ccc(C4OCC(C)(C)CO4)cc3)cc2)OC1. The Morgan fingerprint density at radius 3 is 1.52 bits per heavy atom. The molecule has 0 radical (unpaired) electrons. The molecular weight excluding hydrogens is 396 g/mol. The lowest BCUT2D eigenvalue weighted by molar-refractivity contribution is -0.226. The van der Waals surface area contributed by atoms with E-state index >= 15 is 0 Å². The molecule has 2 aliphatic rings. The second-order valence-electron chi connectivity index (χ2n) is 9.82. The van der Waals surface area contributed by atoms with Gasteiger partial charge in [-0.3, -0.25) is 0 Å². The molecule has 2 aromatic carbocycles. The van der Waals surface area contributed by atoms with Gasteiger partial charge in [-0.25, -0.2) is 4.79 Å². The van der Waals surface area contributed by atoms with Gasteiger partial charge >= 0.3 is 5.97 Å². The third kappa shape index (κ3) is 5.52. The van der Waals surface area contributed by atoms with Crippen molar-refractivity contribution in [2.75, 3.05) is 26.4 Å². The van der Waals surface area contributed by atoms with E-state index in [9.17, 15) is 4.79 Å². The average molecular weight is 427 g/mol. The molecule has 2 aliphatic heterocycles. The van der Waals surface area contributed by atoms with E-state index in [4.69, 9.17) is 23.7 Å². The summed E-state index contributed by atoms with van der Waals surface area (Å²) < 4.78 is 28.7. The van der Waals surface area contributed by atoms with Crippen LogP contribution in [-0.2, 0) is 18.9 Å². The first-order chi connectivity index (χ1) is 14.7. The van der Waals surface area contributed by atoms with Crippen LogP contribution in [0.2, 0.25) is 0 Å². The van der Waals surface area contributed by atoms with E-state index in [0.717, 1.165) is 11.1 Å². The molecule has 6 nitrogen and oxygen atoms in total. The van der Waals surface area contributed by atoms with Crippen LogP contribution < -0.4 is 4.74 Å². The van der Waals surface area contributed by atoms with Crippen LogP contribution in [0, 0.1) is 10.8 Å². The Kier molecular flexibility index (Phi) is 6.17. The molecule has 0 atom stereocenters. The molecule has 0 aliphatic carbocycles. The Morgan fingerprint density at radius 1 is 0.710 bits per heavy atom. The molecule has 0 unspecified atom stereocenters. The number of benzene rings is 2. The Labute approximate surface area is 183 Å². The molecular formula is C25H30O6. The third-order valence-corrected chi connectivity index (χ3v) is 5.28. The lowest BCUT2D eigenvalue weighted by Gasteiger charge is -2.34. The van der Waals surface area contributed by atoms with Crippen molar-refractivity contribution in [1.82, 2.24) is 0 Å². The molecule has 4 rings (SSSR count). The second-order valence-corrected chi connectivity index (χ2v) is 9.82. The van der Waals surface area contributed by atoms with Gasteiger partial charge in [0.15, 0.2) is 12.6 Å². The van der Waals surface area contributed by atoms with Gasteiger partial charge in [0.05, 0.1) is 32.0 Å². The fraction of sp³-hybridized carbons (Fsp3) is 0.480. The number of hydrogen-bond acceptors (Lipinski definition) is 6. The van der Waals surface area contributed by atoms with Gasteiger partial charge in [-0.15, -0.1) is 0 Å². The van der Waals surface area contributed by atoms with E-state index in [1.54, 1.807) is 24.3 Å². The number of rotatable bonds is 4. The van der Waals surface area contributed by atoms with Crippen LogP contribution >= 0.6 is 0 Å². The predicted octanol–water partition coefficient (Wildman–Crippen LogP) is 5.05. The standard InChI is InChI=1S/C25H30O6/c1-24(2)13-27-22(28-14-24)18-7-5-17(6-8-18)21(26)31-20-11-9-19(10-12-20)23-29-15-25(3,4)16-30-23/h5-12,22-23H,13-16H2,1-4H3. The number of esters is 1. The largest absolute Gasteiger partial charge is 0.423 e. The summed E-state index contributed by atoms with van der Waals surface area (Å²) in [5.41, 5.74) is 2.28. The maximum absolute atomic E-state index is 12.5. The summed E-state index contributed by atoms with van der Waals surface area (Å²) in [4.78, 5) is 12.5. The van der Waals surface area contributed by atoms with Crippen molar-refractivity contribution >= 4 is 5.97 Å². The molecule has 166 valence electrons. The summed E-state index contributed by atoms with van der Waals surface area (Å²) in [6, 6.07) is 14.3. The van der Waals surface area contributed by atoms with Crippen LogP contribution in [0.5, 0.6) is 5.75 Å². The zero-order chi connectivity index (χ0) is 22.1. The monoisotopic (exact) mass is 426 g/mol. The van der Waals surface area contributed by atoms with Crippen LogP contribution in [0.3, 0.4) is 0 Å². The summed E-state index contributed by atoms with van der Waals surface area (Å²) >= 11 is 0. The molecule has 0 aromatic heterocycles. The zero-order valence-corrected chi connectivity index (χ0v) is 18.6. The van der Waals surface area contributed by atoms with Gasteiger partial charge in [0, 0.05) is 22.0 Å². The van der Waals surface area contributed by atoms with Gasteiger partial charge in [-0.1, -0.05) is 52.0 Å². The van der Waals surface area contributed by atoms with Crippen molar-refractivity contribution in [3.63, 3.8) is 0 Å². The van der Waals surface area contributed by atoms with E-state index in [1.807, 2.05) is 24.3 Å². The number of ether oxygens (including phenoxy) is 5. The van der Waals surface area contributed by atoms with Gasteiger partial charge < -0.3 is 23.7 Å². The van der Waals surface area contributed by atoms with Crippen LogP contribution in [0.1, 0.15) is 61.8 Å². The molecule has 0 N–H and O–H groups in total. The van der Waals surface area contributed by atoms with Gasteiger partial charge in [-0.05, 0) is 24.3 Å². The van der Waals surface area contributed by atoms with Gasteiger partial charge in [0.1, 0.15) is 5.75 Å².